The molecule has 1 atom stereocenters. The lowest BCUT2D eigenvalue weighted by molar-refractivity contribution is -0.384. The van der Waals surface area contributed by atoms with Gasteiger partial charge < -0.3 is 14.8 Å². The zero-order chi connectivity index (χ0) is 21.7. The largest absolute Gasteiger partial charge is 0.497 e. The van der Waals surface area contributed by atoms with Crippen molar-refractivity contribution in [2.45, 2.75) is 20.0 Å². The van der Waals surface area contributed by atoms with Crippen LogP contribution in [0.5, 0.6) is 11.5 Å². The summed E-state index contributed by atoms with van der Waals surface area (Å²) in [5.74, 6) is 0.715. The Morgan fingerprint density at radius 2 is 1.70 bits per heavy atom. The van der Waals surface area contributed by atoms with Gasteiger partial charge in [-0.3, -0.25) is 14.9 Å². The normalized spacial score (nSPS) is 11.4. The number of nitrogens with one attached hydrogen (secondary N) is 1. The molecule has 0 aliphatic heterocycles. The van der Waals surface area contributed by atoms with E-state index >= 15 is 0 Å². The summed E-state index contributed by atoms with van der Waals surface area (Å²) in [5.41, 5.74) is 2.92. The maximum absolute atomic E-state index is 12.5. The lowest BCUT2D eigenvalue weighted by atomic mass is 10.0. The summed E-state index contributed by atoms with van der Waals surface area (Å²) in [6.07, 6.45) is -0.815. The van der Waals surface area contributed by atoms with Crippen molar-refractivity contribution >= 4 is 17.3 Å². The third-order valence-corrected chi connectivity index (χ3v) is 4.57. The molecule has 1 N–H and O–H groups in total. The molecule has 0 aliphatic carbocycles. The van der Waals surface area contributed by atoms with Gasteiger partial charge in [0.1, 0.15) is 11.5 Å². The number of benzene rings is 3. The number of anilines is 1. The van der Waals surface area contributed by atoms with Gasteiger partial charge in [-0.2, -0.15) is 0 Å². The van der Waals surface area contributed by atoms with Crippen LogP contribution in [0.15, 0.2) is 66.7 Å². The van der Waals surface area contributed by atoms with Gasteiger partial charge in [0.05, 0.1) is 12.0 Å². The molecule has 0 saturated carbocycles. The Balaban J connectivity index is 1.85. The standard InChI is InChI=1S/C23H22N2O5/c1-15-4-8-18(9-5-15)24-23(26)16(2)30-22-13-10-19(25(27)28)14-21(22)17-6-11-20(29-3)12-7-17/h4-14,16H,1-3H3,(H,24,26)/t16-/m0/s1. The van der Waals surface area contributed by atoms with Crippen molar-refractivity contribution in [3.63, 3.8) is 0 Å². The zero-order valence-corrected chi connectivity index (χ0v) is 16.9. The van der Waals surface area contributed by atoms with Gasteiger partial charge in [0, 0.05) is 23.4 Å². The highest BCUT2D eigenvalue weighted by atomic mass is 16.6. The van der Waals surface area contributed by atoms with E-state index in [1.807, 2.05) is 31.2 Å². The van der Waals surface area contributed by atoms with E-state index in [2.05, 4.69) is 5.32 Å². The third kappa shape index (κ3) is 4.94. The quantitative estimate of drug-likeness (QED) is 0.441. The monoisotopic (exact) mass is 406 g/mol. The first-order valence-electron chi connectivity index (χ1n) is 9.34. The van der Waals surface area contributed by atoms with Gasteiger partial charge in [0.25, 0.3) is 11.6 Å². The van der Waals surface area contributed by atoms with Crippen LogP contribution in [0.4, 0.5) is 11.4 Å². The van der Waals surface area contributed by atoms with Crippen LogP contribution < -0.4 is 14.8 Å². The van der Waals surface area contributed by atoms with Gasteiger partial charge in [-0.05, 0) is 49.7 Å². The van der Waals surface area contributed by atoms with E-state index in [1.54, 1.807) is 38.3 Å². The molecule has 1 amide bonds. The van der Waals surface area contributed by atoms with Crippen molar-refractivity contribution in [2.75, 3.05) is 12.4 Å². The van der Waals surface area contributed by atoms with Crippen molar-refractivity contribution in [3.05, 3.63) is 82.4 Å². The lowest BCUT2D eigenvalue weighted by Gasteiger charge is -2.17. The first-order chi connectivity index (χ1) is 14.4. The van der Waals surface area contributed by atoms with Crippen LogP contribution in [0.2, 0.25) is 0 Å². The Morgan fingerprint density at radius 1 is 1.03 bits per heavy atom. The summed E-state index contributed by atoms with van der Waals surface area (Å²) < 4.78 is 11.0. The van der Waals surface area contributed by atoms with Gasteiger partial charge in [0.15, 0.2) is 6.10 Å². The number of amides is 1. The summed E-state index contributed by atoms with van der Waals surface area (Å²) in [4.78, 5) is 23.3. The van der Waals surface area contributed by atoms with Crippen LogP contribution in [0.3, 0.4) is 0 Å². The molecule has 7 heteroatoms. The molecule has 0 spiro atoms. The highest BCUT2D eigenvalue weighted by Gasteiger charge is 2.19. The molecule has 154 valence electrons. The molecule has 3 rings (SSSR count). The predicted octanol–water partition coefficient (Wildman–Crippen LogP) is 4.98. The highest BCUT2D eigenvalue weighted by molar-refractivity contribution is 5.94. The van der Waals surface area contributed by atoms with Gasteiger partial charge in [-0.15, -0.1) is 0 Å². The number of methoxy groups -OCH3 is 1. The van der Waals surface area contributed by atoms with E-state index in [1.165, 1.54) is 18.2 Å². The van der Waals surface area contributed by atoms with E-state index in [4.69, 9.17) is 9.47 Å². The van der Waals surface area contributed by atoms with Crippen LogP contribution in [-0.2, 0) is 4.79 Å². The molecule has 0 fully saturated rings. The van der Waals surface area contributed by atoms with Crippen LogP contribution in [-0.4, -0.2) is 24.0 Å². The second-order valence-electron chi connectivity index (χ2n) is 6.78. The smallest absolute Gasteiger partial charge is 0.270 e. The number of aryl methyl sites for hydroxylation is 1. The molecule has 0 saturated heterocycles. The first-order valence-corrected chi connectivity index (χ1v) is 9.34. The SMILES string of the molecule is COc1ccc(-c2cc([N+](=O)[O-])ccc2O[C@@H](C)C(=O)Nc2ccc(C)cc2)cc1. The number of rotatable bonds is 7. The van der Waals surface area contributed by atoms with Gasteiger partial charge in [-0.1, -0.05) is 29.8 Å². The molecule has 0 heterocycles. The van der Waals surface area contributed by atoms with Gasteiger partial charge in [0.2, 0.25) is 0 Å². The fourth-order valence-electron chi connectivity index (χ4n) is 2.86. The topological polar surface area (TPSA) is 90.7 Å². The highest BCUT2D eigenvalue weighted by Crippen LogP contribution is 2.35. The number of carbonyl (C=O) groups is 1. The number of ether oxygens (including phenoxy) is 2. The fraction of sp³-hybridized carbons (Fsp3) is 0.174. The summed E-state index contributed by atoms with van der Waals surface area (Å²) in [6.45, 7) is 3.59. The molecule has 3 aromatic rings. The zero-order valence-electron chi connectivity index (χ0n) is 16.9. The number of nitrogens with zero attached hydrogens (tertiary/aromatic N) is 1. The molecule has 0 radical (unpaired) electrons. The minimum absolute atomic E-state index is 0.0649. The summed E-state index contributed by atoms with van der Waals surface area (Å²) in [6, 6.07) is 18.8. The summed E-state index contributed by atoms with van der Waals surface area (Å²) >= 11 is 0. The Kier molecular flexibility index (Phi) is 6.32. The average Bonchev–Trinajstić information content (AvgIpc) is 2.75. The Morgan fingerprint density at radius 3 is 2.30 bits per heavy atom. The van der Waals surface area contributed by atoms with E-state index in [-0.39, 0.29) is 11.6 Å². The number of carbonyl (C=O) groups excluding carboxylic acids is 1. The molecular formula is C23H22N2O5. The molecule has 3 aromatic carbocycles. The number of nitro groups is 1. The Hall–Kier alpha value is -3.87. The molecule has 0 aromatic heterocycles. The summed E-state index contributed by atoms with van der Waals surface area (Å²) in [5, 5.41) is 14.0. The fourth-order valence-corrected chi connectivity index (χ4v) is 2.86. The summed E-state index contributed by atoms with van der Waals surface area (Å²) in [7, 11) is 1.56. The maximum atomic E-state index is 12.5. The average molecular weight is 406 g/mol. The third-order valence-electron chi connectivity index (χ3n) is 4.57. The molecule has 0 unspecified atom stereocenters. The minimum Gasteiger partial charge on any atom is -0.497 e. The van der Waals surface area contributed by atoms with E-state index < -0.39 is 11.0 Å². The number of nitro benzene ring substituents is 1. The van der Waals surface area contributed by atoms with Crippen LogP contribution >= 0.6 is 0 Å². The van der Waals surface area contributed by atoms with Crippen LogP contribution in [0, 0.1) is 17.0 Å². The van der Waals surface area contributed by atoms with Crippen molar-refractivity contribution in [1.82, 2.24) is 0 Å². The molecule has 30 heavy (non-hydrogen) atoms. The van der Waals surface area contributed by atoms with Gasteiger partial charge >= 0.3 is 0 Å². The van der Waals surface area contributed by atoms with Crippen molar-refractivity contribution in [1.29, 1.82) is 0 Å². The van der Waals surface area contributed by atoms with Crippen LogP contribution in [0.25, 0.3) is 11.1 Å². The second-order valence-corrected chi connectivity index (χ2v) is 6.78. The predicted molar refractivity (Wildman–Crippen MR) is 115 cm³/mol. The number of hydrogen-bond acceptors (Lipinski definition) is 5. The molecule has 7 nitrogen and oxygen atoms in total. The molecular weight excluding hydrogens is 384 g/mol. The van der Waals surface area contributed by atoms with Crippen molar-refractivity contribution in [3.8, 4) is 22.6 Å². The maximum Gasteiger partial charge on any atom is 0.270 e. The Bertz CT molecular complexity index is 1050. The van der Waals surface area contributed by atoms with Gasteiger partial charge in [-0.25, -0.2) is 0 Å². The van der Waals surface area contributed by atoms with Crippen molar-refractivity contribution in [2.24, 2.45) is 0 Å². The van der Waals surface area contributed by atoms with Crippen LogP contribution in [0.1, 0.15) is 12.5 Å². The Labute approximate surface area is 174 Å². The molecule has 0 bridgehead atoms. The lowest BCUT2D eigenvalue weighted by Crippen LogP contribution is -2.30. The van der Waals surface area contributed by atoms with Crippen molar-refractivity contribution < 1.29 is 19.2 Å². The van der Waals surface area contributed by atoms with E-state index in [0.29, 0.717) is 28.3 Å². The van der Waals surface area contributed by atoms with E-state index in [9.17, 15) is 14.9 Å². The minimum atomic E-state index is -0.815. The number of hydrogen-bond donors (Lipinski definition) is 1. The van der Waals surface area contributed by atoms with E-state index in [0.717, 1.165) is 5.56 Å². The first kappa shape index (κ1) is 20.9. The number of non-ortho nitro benzene ring substituents is 1. The molecule has 0 aliphatic rings. The second kappa shape index (κ2) is 9.09.